The fourth-order valence-corrected chi connectivity index (χ4v) is 3.66. The highest BCUT2D eigenvalue weighted by Gasteiger charge is 2.19. The normalized spacial score (nSPS) is 17.4. The average molecular weight is 507 g/mol. The molecule has 5 nitrogen and oxygen atoms in total. The number of hydrogen-bond acceptors (Lipinski definition) is 3. The van der Waals surface area contributed by atoms with E-state index in [0.717, 1.165) is 24.7 Å². The number of likely N-dealkylation sites (tertiary alicyclic amines) is 1. The summed E-state index contributed by atoms with van der Waals surface area (Å²) in [5, 5.41) is 6.71. The summed E-state index contributed by atoms with van der Waals surface area (Å²) < 4.78 is 0. The fraction of sp³-hybridized carbons (Fsp3) is 0.478. The number of benzene rings is 1. The summed E-state index contributed by atoms with van der Waals surface area (Å²) in [5.41, 5.74) is 3.70. The van der Waals surface area contributed by atoms with Gasteiger partial charge in [-0.3, -0.25) is 9.88 Å². The molecule has 0 spiro atoms. The number of nitrogens with zero attached hydrogens (tertiary/aromatic N) is 3. The molecule has 6 heteroatoms. The van der Waals surface area contributed by atoms with E-state index in [2.05, 4.69) is 58.6 Å². The molecule has 1 saturated heterocycles. The molecule has 1 aliphatic rings. The Hall–Kier alpha value is -1.67. The minimum atomic E-state index is 0. The second kappa shape index (κ2) is 12.8. The van der Waals surface area contributed by atoms with Gasteiger partial charge in [0.25, 0.3) is 0 Å². The van der Waals surface area contributed by atoms with Gasteiger partial charge in [0.1, 0.15) is 0 Å². The quantitative estimate of drug-likeness (QED) is 0.333. The van der Waals surface area contributed by atoms with Crippen LogP contribution in [0.2, 0.25) is 0 Å². The van der Waals surface area contributed by atoms with Crippen molar-refractivity contribution in [3.63, 3.8) is 0 Å². The lowest BCUT2D eigenvalue weighted by atomic mass is 10.0. The van der Waals surface area contributed by atoms with Crippen molar-refractivity contribution >= 4 is 29.9 Å². The maximum atomic E-state index is 4.82. The first-order valence-corrected chi connectivity index (χ1v) is 10.5. The smallest absolute Gasteiger partial charge is 0.191 e. The number of hydrogen-bond donors (Lipinski definition) is 2. The van der Waals surface area contributed by atoms with E-state index in [1.165, 1.54) is 36.9 Å². The molecular weight excluding hydrogens is 473 g/mol. The standard InChI is InChI=1S/C23H33N5.HI/c1-3-24-23(27-17-22-13-6-8-14-25-22)26-16-20-11-4-5-12-21(20)18-28-15-9-7-10-19(28)2;/h4-6,8,11-14,19H,3,7,9-10,15-18H2,1-2H3,(H2,24,26,27);1H. The lowest BCUT2D eigenvalue weighted by Crippen LogP contribution is -2.37. The molecule has 1 aliphatic heterocycles. The van der Waals surface area contributed by atoms with Gasteiger partial charge in [0.2, 0.25) is 0 Å². The van der Waals surface area contributed by atoms with E-state index < -0.39 is 0 Å². The minimum absolute atomic E-state index is 0. The molecule has 0 amide bonds. The first kappa shape index (κ1) is 23.6. The van der Waals surface area contributed by atoms with Gasteiger partial charge in [-0.1, -0.05) is 36.8 Å². The molecule has 0 saturated carbocycles. The average Bonchev–Trinajstić information content (AvgIpc) is 2.73. The second-order valence-electron chi connectivity index (χ2n) is 7.45. The van der Waals surface area contributed by atoms with Crippen LogP contribution in [0.5, 0.6) is 0 Å². The van der Waals surface area contributed by atoms with Crippen molar-refractivity contribution in [2.75, 3.05) is 13.1 Å². The van der Waals surface area contributed by atoms with E-state index in [0.29, 0.717) is 19.1 Å². The van der Waals surface area contributed by atoms with Crippen LogP contribution < -0.4 is 10.6 Å². The molecule has 1 unspecified atom stereocenters. The number of guanidine groups is 1. The highest BCUT2D eigenvalue weighted by atomic mass is 127. The van der Waals surface area contributed by atoms with Gasteiger partial charge in [-0.05, 0) is 56.5 Å². The third-order valence-corrected chi connectivity index (χ3v) is 5.35. The largest absolute Gasteiger partial charge is 0.357 e. The third kappa shape index (κ3) is 7.59. The molecule has 1 aromatic carbocycles. The van der Waals surface area contributed by atoms with Gasteiger partial charge in [-0.2, -0.15) is 0 Å². The van der Waals surface area contributed by atoms with E-state index in [1.807, 2.05) is 24.4 Å². The summed E-state index contributed by atoms with van der Waals surface area (Å²) in [7, 11) is 0. The molecule has 0 aliphatic carbocycles. The lowest BCUT2D eigenvalue weighted by molar-refractivity contribution is 0.152. The van der Waals surface area contributed by atoms with Crippen molar-refractivity contribution in [1.82, 2.24) is 20.5 Å². The van der Waals surface area contributed by atoms with Gasteiger partial charge in [-0.15, -0.1) is 24.0 Å². The van der Waals surface area contributed by atoms with Gasteiger partial charge in [-0.25, -0.2) is 4.99 Å². The number of rotatable bonds is 7. The summed E-state index contributed by atoms with van der Waals surface area (Å²) in [6, 6.07) is 15.3. The van der Waals surface area contributed by atoms with E-state index in [1.54, 1.807) is 0 Å². The van der Waals surface area contributed by atoms with Crippen molar-refractivity contribution in [2.45, 2.75) is 58.8 Å². The van der Waals surface area contributed by atoms with Crippen LogP contribution in [-0.2, 0) is 19.6 Å². The maximum absolute atomic E-state index is 4.82. The second-order valence-corrected chi connectivity index (χ2v) is 7.45. The van der Waals surface area contributed by atoms with Crippen molar-refractivity contribution in [3.05, 3.63) is 65.5 Å². The Morgan fingerprint density at radius 3 is 2.62 bits per heavy atom. The summed E-state index contributed by atoms with van der Waals surface area (Å²) >= 11 is 0. The summed E-state index contributed by atoms with van der Waals surface area (Å²) in [6.07, 6.45) is 5.80. The van der Waals surface area contributed by atoms with Gasteiger partial charge in [0.05, 0.1) is 18.8 Å². The predicted octanol–water partition coefficient (Wildman–Crippen LogP) is 4.33. The Kier molecular flexibility index (Phi) is 10.4. The minimum Gasteiger partial charge on any atom is -0.357 e. The zero-order chi connectivity index (χ0) is 19.6. The van der Waals surface area contributed by atoms with Crippen LogP contribution >= 0.6 is 24.0 Å². The van der Waals surface area contributed by atoms with Crippen LogP contribution in [-0.4, -0.2) is 35.0 Å². The third-order valence-electron chi connectivity index (χ3n) is 5.35. The summed E-state index contributed by atoms with van der Waals surface area (Å²) in [6.45, 7) is 8.84. The van der Waals surface area contributed by atoms with Crippen molar-refractivity contribution < 1.29 is 0 Å². The van der Waals surface area contributed by atoms with E-state index in [9.17, 15) is 0 Å². The Morgan fingerprint density at radius 1 is 1.10 bits per heavy atom. The van der Waals surface area contributed by atoms with Crippen LogP contribution in [0.25, 0.3) is 0 Å². The zero-order valence-electron chi connectivity index (χ0n) is 17.6. The summed E-state index contributed by atoms with van der Waals surface area (Å²) in [4.78, 5) is 11.8. The molecule has 1 fully saturated rings. The van der Waals surface area contributed by atoms with E-state index in [4.69, 9.17) is 4.99 Å². The first-order chi connectivity index (χ1) is 13.8. The molecule has 1 atom stereocenters. The van der Waals surface area contributed by atoms with Crippen LogP contribution in [0, 0.1) is 0 Å². The molecule has 158 valence electrons. The Morgan fingerprint density at radius 2 is 1.90 bits per heavy atom. The first-order valence-electron chi connectivity index (χ1n) is 10.5. The molecule has 2 heterocycles. The molecule has 2 aromatic rings. The van der Waals surface area contributed by atoms with Gasteiger partial charge in [0.15, 0.2) is 5.96 Å². The number of aliphatic imine (C=N–C) groups is 1. The fourth-order valence-electron chi connectivity index (χ4n) is 3.66. The number of aromatic nitrogens is 1. The lowest BCUT2D eigenvalue weighted by Gasteiger charge is -2.33. The monoisotopic (exact) mass is 507 g/mol. The van der Waals surface area contributed by atoms with Crippen LogP contribution in [0.1, 0.15) is 49.9 Å². The molecule has 29 heavy (non-hydrogen) atoms. The Bertz CT molecular complexity index is 750. The molecule has 2 N–H and O–H groups in total. The van der Waals surface area contributed by atoms with E-state index >= 15 is 0 Å². The van der Waals surface area contributed by atoms with Crippen molar-refractivity contribution in [1.29, 1.82) is 0 Å². The molecule has 0 bridgehead atoms. The highest BCUT2D eigenvalue weighted by molar-refractivity contribution is 14.0. The molecule has 3 rings (SSSR count). The number of halogens is 1. The number of nitrogens with one attached hydrogen (secondary N) is 2. The maximum Gasteiger partial charge on any atom is 0.191 e. The van der Waals surface area contributed by atoms with Gasteiger partial charge >= 0.3 is 0 Å². The Labute approximate surface area is 192 Å². The molecule has 0 radical (unpaired) electrons. The number of pyridine rings is 1. The highest BCUT2D eigenvalue weighted by Crippen LogP contribution is 2.21. The van der Waals surface area contributed by atoms with Crippen LogP contribution in [0.3, 0.4) is 0 Å². The number of piperidine rings is 1. The summed E-state index contributed by atoms with van der Waals surface area (Å²) in [5.74, 6) is 0.828. The molecule has 1 aromatic heterocycles. The Balaban J connectivity index is 0.00000300. The topological polar surface area (TPSA) is 52.6 Å². The van der Waals surface area contributed by atoms with Crippen molar-refractivity contribution in [3.8, 4) is 0 Å². The van der Waals surface area contributed by atoms with Gasteiger partial charge in [0, 0.05) is 25.3 Å². The van der Waals surface area contributed by atoms with Crippen LogP contribution in [0.15, 0.2) is 53.7 Å². The van der Waals surface area contributed by atoms with Crippen LogP contribution in [0.4, 0.5) is 0 Å². The van der Waals surface area contributed by atoms with Crippen molar-refractivity contribution in [2.24, 2.45) is 4.99 Å². The molecular formula is C23H34IN5. The predicted molar refractivity (Wildman–Crippen MR) is 131 cm³/mol. The SMILES string of the molecule is CCNC(=NCc1ccccc1CN1CCCCC1C)NCc1ccccn1.I. The van der Waals surface area contributed by atoms with E-state index in [-0.39, 0.29) is 24.0 Å². The van der Waals surface area contributed by atoms with Gasteiger partial charge < -0.3 is 10.6 Å². The zero-order valence-corrected chi connectivity index (χ0v) is 19.9.